The van der Waals surface area contributed by atoms with E-state index in [0.717, 1.165) is 13.1 Å². The second kappa shape index (κ2) is 7.21. The van der Waals surface area contributed by atoms with E-state index in [4.69, 9.17) is 0 Å². The fraction of sp³-hybridized carbons (Fsp3) is 1.00. The van der Waals surface area contributed by atoms with E-state index in [2.05, 4.69) is 29.4 Å². The maximum atomic E-state index is 3.46. The van der Waals surface area contributed by atoms with Crippen LogP contribution in [0, 0.1) is 0 Å². The highest BCUT2D eigenvalue weighted by Gasteiger charge is 2.07. The van der Waals surface area contributed by atoms with E-state index in [1.807, 2.05) is 0 Å². The zero-order valence-corrected chi connectivity index (χ0v) is 9.68. The fourth-order valence-electron chi connectivity index (χ4n) is 1.82. The van der Waals surface area contributed by atoms with Crippen LogP contribution in [0.2, 0.25) is 0 Å². The van der Waals surface area contributed by atoms with E-state index < -0.39 is 0 Å². The average Bonchev–Trinajstić information content (AvgIpc) is 2.40. The Morgan fingerprint density at radius 2 is 2.14 bits per heavy atom. The molecule has 3 nitrogen and oxygen atoms in total. The van der Waals surface area contributed by atoms with Crippen LogP contribution in [0.25, 0.3) is 0 Å². The number of hydrogen-bond acceptors (Lipinski definition) is 3. The van der Waals surface area contributed by atoms with Crippen LogP contribution in [-0.2, 0) is 0 Å². The molecule has 14 heavy (non-hydrogen) atoms. The molecule has 3 heteroatoms. The van der Waals surface area contributed by atoms with Crippen LogP contribution in [0.3, 0.4) is 0 Å². The average molecular weight is 199 g/mol. The molecule has 0 aromatic carbocycles. The van der Waals surface area contributed by atoms with Crippen LogP contribution in [0.4, 0.5) is 0 Å². The van der Waals surface area contributed by atoms with Gasteiger partial charge in [-0.25, -0.2) is 0 Å². The molecule has 0 spiro atoms. The molecule has 1 aliphatic rings. The Labute approximate surface area is 88.2 Å². The molecule has 0 radical (unpaired) electrons. The number of nitrogens with zero attached hydrogens (tertiary/aromatic N) is 1. The SMILES string of the molecule is CC(C)NCCCN1CCCNCC1. The van der Waals surface area contributed by atoms with Gasteiger partial charge in [0.2, 0.25) is 0 Å². The van der Waals surface area contributed by atoms with Crippen molar-refractivity contribution in [1.82, 2.24) is 15.5 Å². The summed E-state index contributed by atoms with van der Waals surface area (Å²) in [6.45, 7) is 11.7. The first kappa shape index (κ1) is 12.0. The molecule has 0 unspecified atom stereocenters. The zero-order valence-electron chi connectivity index (χ0n) is 9.68. The lowest BCUT2D eigenvalue weighted by Gasteiger charge is -2.19. The largest absolute Gasteiger partial charge is 0.315 e. The van der Waals surface area contributed by atoms with Gasteiger partial charge in [0.15, 0.2) is 0 Å². The highest BCUT2D eigenvalue weighted by molar-refractivity contribution is 4.66. The summed E-state index contributed by atoms with van der Waals surface area (Å²) in [4.78, 5) is 2.57. The molecular formula is C11H25N3. The van der Waals surface area contributed by atoms with Gasteiger partial charge in [-0.15, -0.1) is 0 Å². The maximum Gasteiger partial charge on any atom is 0.0107 e. The number of hydrogen-bond donors (Lipinski definition) is 2. The quantitative estimate of drug-likeness (QED) is 0.637. The van der Waals surface area contributed by atoms with Crippen molar-refractivity contribution in [3.8, 4) is 0 Å². The summed E-state index contributed by atoms with van der Waals surface area (Å²) >= 11 is 0. The number of nitrogens with one attached hydrogen (secondary N) is 2. The van der Waals surface area contributed by atoms with Gasteiger partial charge in [-0.2, -0.15) is 0 Å². The van der Waals surface area contributed by atoms with E-state index in [9.17, 15) is 0 Å². The standard InChI is InChI=1S/C11H25N3/c1-11(2)13-6-4-9-14-8-3-5-12-7-10-14/h11-13H,3-10H2,1-2H3. The number of rotatable bonds is 5. The van der Waals surface area contributed by atoms with Gasteiger partial charge in [-0.1, -0.05) is 13.8 Å². The van der Waals surface area contributed by atoms with Gasteiger partial charge < -0.3 is 15.5 Å². The fourth-order valence-corrected chi connectivity index (χ4v) is 1.82. The first-order chi connectivity index (χ1) is 6.79. The summed E-state index contributed by atoms with van der Waals surface area (Å²) in [5.41, 5.74) is 0. The van der Waals surface area contributed by atoms with Gasteiger partial charge in [0.05, 0.1) is 0 Å². The molecule has 1 aliphatic heterocycles. The van der Waals surface area contributed by atoms with Crippen molar-refractivity contribution in [3.05, 3.63) is 0 Å². The Morgan fingerprint density at radius 1 is 1.29 bits per heavy atom. The predicted molar refractivity (Wildman–Crippen MR) is 61.7 cm³/mol. The van der Waals surface area contributed by atoms with Crippen molar-refractivity contribution in [2.75, 3.05) is 39.3 Å². The Kier molecular flexibility index (Phi) is 6.15. The topological polar surface area (TPSA) is 27.3 Å². The minimum atomic E-state index is 0.626. The molecule has 2 N–H and O–H groups in total. The van der Waals surface area contributed by atoms with Crippen LogP contribution in [0.1, 0.15) is 26.7 Å². The molecule has 0 saturated carbocycles. The van der Waals surface area contributed by atoms with E-state index in [1.165, 1.54) is 39.0 Å². The summed E-state index contributed by atoms with van der Waals surface area (Å²) in [5.74, 6) is 0. The second-order valence-corrected chi connectivity index (χ2v) is 4.41. The third kappa shape index (κ3) is 5.58. The zero-order chi connectivity index (χ0) is 10.2. The summed E-state index contributed by atoms with van der Waals surface area (Å²) < 4.78 is 0. The van der Waals surface area contributed by atoms with Crippen molar-refractivity contribution in [3.63, 3.8) is 0 Å². The molecule has 0 aliphatic carbocycles. The predicted octanol–water partition coefficient (Wildman–Crippen LogP) is 0.670. The van der Waals surface area contributed by atoms with Crippen molar-refractivity contribution in [1.29, 1.82) is 0 Å². The lowest BCUT2D eigenvalue weighted by molar-refractivity contribution is 0.286. The summed E-state index contributed by atoms with van der Waals surface area (Å²) in [6.07, 6.45) is 2.58. The van der Waals surface area contributed by atoms with Crippen LogP contribution in [0.15, 0.2) is 0 Å². The van der Waals surface area contributed by atoms with Gasteiger partial charge in [0, 0.05) is 19.1 Å². The van der Waals surface area contributed by atoms with Gasteiger partial charge in [0.1, 0.15) is 0 Å². The molecule has 0 aromatic heterocycles. The van der Waals surface area contributed by atoms with Crippen LogP contribution in [0.5, 0.6) is 0 Å². The van der Waals surface area contributed by atoms with Gasteiger partial charge in [-0.3, -0.25) is 0 Å². The summed E-state index contributed by atoms with van der Waals surface area (Å²) in [7, 11) is 0. The Balaban J connectivity index is 1.99. The monoisotopic (exact) mass is 199 g/mol. The first-order valence-electron chi connectivity index (χ1n) is 5.95. The van der Waals surface area contributed by atoms with E-state index in [0.29, 0.717) is 6.04 Å². The van der Waals surface area contributed by atoms with Gasteiger partial charge >= 0.3 is 0 Å². The molecule has 1 fully saturated rings. The molecule has 0 aromatic rings. The van der Waals surface area contributed by atoms with E-state index in [1.54, 1.807) is 0 Å². The van der Waals surface area contributed by atoms with E-state index >= 15 is 0 Å². The summed E-state index contributed by atoms with van der Waals surface area (Å²) in [6, 6.07) is 0.626. The lowest BCUT2D eigenvalue weighted by atomic mass is 10.3. The molecule has 0 atom stereocenters. The Morgan fingerprint density at radius 3 is 2.93 bits per heavy atom. The molecule has 1 rings (SSSR count). The first-order valence-corrected chi connectivity index (χ1v) is 5.95. The Hall–Kier alpha value is -0.120. The molecule has 0 amide bonds. The van der Waals surface area contributed by atoms with Crippen molar-refractivity contribution in [2.45, 2.75) is 32.7 Å². The maximum absolute atomic E-state index is 3.46. The van der Waals surface area contributed by atoms with Gasteiger partial charge in [0.25, 0.3) is 0 Å². The third-order valence-electron chi connectivity index (χ3n) is 2.64. The van der Waals surface area contributed by atoms with Crippen molar-refractivity contribution in [2.24, 2.45) is 0 Å². The normalized spacial score (nSPS) is 19.9. The lowest BCUT2D eigenvalue weighted by Crippen LogP contribution is -2.32. The van der Waals surface area contributed by atoms with Crippen molar-refractivity contribution < 1.29 is 0 Å². The van der Waals surface area contributed by atoms with Gasteiger partial charge in [-0.05, 0) is 39.0 Å². The van der Waals surface area contributed by atoms with Crippen molar-refractivity contribution >= 4 is 0 Å². The van der Waals surface area contributed by atoms with Crippen LogP contribution < -0.4 is 10.6 Å². The molecule has 0 bridgehead atoms. The highest BCUT2D eigenvalue weighted by Crippen LogP contribution is 1.96. The molecule has 1 saturated heterocycles. The Bertz CT molecular complexity index is 128. The molecule has 1 heterocycles. The van der Waals surface area contributed by atoms with Crippen LogP contribution >= 0.6 is 0 Å². The molecule has 84 valence electrons. The third-order valence-corrected chi connectivity index (χ3v) is 2.64. The summed E-state index contributed by atoms with van der Waals surface area (Å²) in [5, 5.41) is 6.89. The highest BCUT2D eigenvalue weighted by atomic mass is 15.1. The minimum Gasteiger partial charge on any atom is -0.315 e. The van der Waals surface area contributed by atoms with E-state index in [-0.39, 0.29) is 0 Å². The second-order valence-electron chi connectivity index (χ2n) is 4.41. The van der Waals surface area contributed by atoms with Crippen LogP contribution in [-0.4, -0.2) is 50.2 Å². The molecular weight excluding hydrogens is 174 g/mol. The smallest absolute Gasteiger partial charge is 0.0107 e. The minimum absolute atomic E-state index is 0.626.